The molecule has 8 nitrogen and oxygen atoms in total. The van der Waals surface area contributed by atoms with E-state index in [1.165, 1.54) is 46.8 Å². The Morgan fingerprint density at radius 2 is 1.75 bits per heavy atom. The van der Waals surface area contributed by atoms with Gasteiger partial charge in [0.15, 0.2) is 0 Å². The summed E-state index contributed by atoms with van der Waals surface area (Å²) in [5, 5.41) is 14.3. The largest absolute Gasteiger partial charge is 0.322 e. The SMILES string of the molecule is O=C(Nc1ccc2c(c1)CN(S(=O)(=O)c1ccc(Cl)cc1)CC2)c1ccccc1[N+](=O)[O-]. The molecule has 32 heavy (non-hydrogen) atoms. The molecule has 3 aromatic rings. The molecule has 1 amide bonds. The molecule has 4 rings (SSSR count). The standard InChI is InChI=1S/C22H18ClN3O5S/c23-17-6-9-19(10-7-17)32(30,31)25-12-11-15-5-8-18(13-16(15)14-25)24-22(27)20-3-1-2-4-21(20)26(28)29/h1-10,13H,11-12,14H2,(H,24,27). The highest BCUT2D eigenvalue weighted by Crippen LogP contribution is 2.28. The number of nitrogens with one attached hydrogen (secondary N) is 1. The molecule has 10 heteroatoms. The number of hydrogen-bond donors (Lipinski definition) is 1. The summed E-state index contributed by atoms with van der Waals surface area (Å²) in [6.07, 6.45) is 0.528. The van der Waals surface area contributed by atoms with E-state index in [2.05, 4.69) is 5.32 Å². The van der Waals surface area contributed by atoms with Gasteiger partial charge in [-0.25, -0.2) is 8.42 Å². The molecule has 1 aliphatic rings. The zero-order valence-electron chi connectivity index (χ0n) is 16.7. The third kappa shape index (κ3) is 4.36. The van der Waals surface area contributed by atoms with Crippen molar-refractivity contribution in [2.75, 3.05) is 11.9 Å². The van der Waals surface area contributed by atoms with Gasteiger partial charge in [0.05, 0.1) is 9.82 Å². The number of para-hydroxylation sites is 1. The van der Waals surface area contributed by atoms with Crippen LogP contribution in [-0.4, -0.2) is 30.1 Å². The van der Waals surface area contributed by atoms with Crippen LogP contribution in [0.3, 0.4) is 0 Å². The van der Waals surface area contributed by atoms with Crippen LogP contribution in [0.1, 0.15) is 21.5 Å². The summed E-state index contributed by atoms with van der Waals surface area (Å²) >= 11 is 5.86. The first-order valence-corrected chi connectivity index (χ1v) is 11.5. The molecule has 0 aromatic heterocycles. The van der Waals surface area contributed by atoms with E-state index < -0.39 is 20.9 Å². The molecule has 0 atom stereocenters. The number of rotatable bonds is 5. The van der Waals surface area contributed by atoms with Crippen LogP contribution in [0, 0.1) is 10.1 Å². The summed E-state index contributed by atoms with van der Waals surface area (Å²) in [4.78, 5) is 23.4. The monoisotopic (exact) mass is 471 g/mol. The number of nitrogens with zero attached hydrogens (tertiary/aromatic N) is 2. The molecule has 1 heterocycles. The first-order valence-electron chi connectivity index (χ1n) is 9.68. The van der Waals surface area contributed by atoms with Gasteiger partial charge in [0, 0.05) is 29.9 Å². The molecule has 0 bridgehead atoms. The third-order valence-electron chi connectivity index (χ3n) is 5.24. The van der Waals surface area contributed by atoms with E-state index in [0.717, 1.165) is 11.1 Å². The van der Waals surface area contributed by atoms with E-state index in [9.17, 15) is 23.3 Å². The Hall–Kier alpha value is -3.27. The molecule has 1 aliphatic heterocycles. The van der Waals surface area contributed by atoms with Crippen molar-refractivity contribution in [1.82, 2.24) is 4.31 Å². The first kappa shape index (κ1) is 21.9. The van der Waals surface area contributed by atoms with Gasteiger partial charge in [-0.3, -0.25) is 14.9 Å². The van der Waals surface area contributed by atoms with E-state index in [4.69, 9.17) is 11.6 Å². The summed E-state index contributed by atoms with van der Waals surface area (Å²) in [6, 6.07) is 16.9. The number of benzene rings is 3. The van der Waals surface area contributed by atoms with Gasteiger partial charge >= 0.3 is 0 Å². The number of sulfonamides is 1. The van der Waals surface area contributed by atoms with Gasteiger partial charge in [0.2, 0.25) is 10.0 Å². The molecule has 164 valence electrons. The van der Waals surface area contributed by atoms with Crippen LogP contribution in [0.25, 0.3) is 0 Å². The van der Waals surface area contributed by atoms with Crippen molar-refractivity contribution >= 4 is 38.9 Å². The van der Waals surface area contributed by atoms with Gasteiger partial charge in [-0.2, -0.15) is 4.31 Å². The minimum atomic E-state index is -3.70. The highest BCUT2D eigenvalue weighted by atomic mass is 35.5. The molecular weight excluding hydrogens is 454 g/mol. The molecular formula is C22H18ClN3O5S. The number of carbonyl (C=O) groups is 1. The number of fused-ring (bicyclic) bond motifs is 1. The van der Waals surface area contributed by atoms with Crippen LogP contribution >= 0.6 is 11.6 Å². The maximum Gasteiger partial charge on any atom is 0.282 e. The van der Waals surface area contributed by atoms with Gasteiger partial charge in [0.1, 0.15) is 5.56 Å². The average molecular weight is 472 g/mol. The zero-order valence-corrected chi connectivity index (χ0v) is 18.3. The van der Waals surface area contributed by atoms with Crippen molar-refractivity contribution in [3.8, 4) is 0 Å². The van der Waals surface area contributed by atoms with Crippen molar-refractivity contribution in [2.24, 2.45) is 0 Å². The quantitative estimate of drug-likeness (QED) is 0.442. The number of carbonyl (C=O) groups excluding carboxylic acids is 1. The van der Waals surface area contributed by atoms with Crippen molar-refractivity contribution in [3.63, 3.8) is 0 Å². The molecule has 3 aromatic carbocycles. The fraction of sp³-hybridized carbons (Fsp3) is 0.136. The van der Waals surface area contributed by atoms with Crippen molar-refractivity contribution in [3.05, 3.63) is 98.6 Å². The number of hydrogen-bond acceptors (Lipinski definition) is 5. The van der Waals surface area contributed by atoms with E-state index in [0.29, 0.717) is 23.7 Å². The Bertz CT molecular complexity index is 1310. The van der Waals surface area contributed by atoms with Gasteiger partial charge in [-0.1, -0.05) is 29.8 Å². The van der Waals surface area contributed by atoms with Crippen molar-refractivity contribution in [1.29, 1.82) is 0 Å². The molecule has 0 spiro atoms. The average Bonchev–Trinajstić information content (AvgIpc) is 2.78. The second-order valence-corrected chi connectivity index (χ2v) is 9.63. The van der Waals surface area contributed by atoms with Gasteiger partial charge in [0.25, 0.3) is 11.6 Å². The zero-order chi connectivity index (χ0) is 22.9. The summed E-state index contributed by atoms with van der Waals surface area (Å²) < 4.78 is 27.4. The number of amides is 1. The molecule has 0 saturated carbocycles. The fourth-order valence-electron chi connectivity index (χ4n) is 3.59. The lowest BCUT2D eigenvalue weighted by atomic mass is 10.0. The normalized spacial score (nSPS) is 13.9. The van der Waals surface area contributed by atoms with Gasteiger partial charge in [-0.15, -0.1) is 0 Å². The molecule has 0 radical (unpaired) electrons. The Balaban J connectivity index is 1.56. The van der Waals surface area contributed by atoms with Gasteiger partial charge in [-0.05, 0) is 60.0 Å². The Labute approximate surface area is 189 Å². The topological polar surface area (TPSA) is 110 Å². The molecule has 0 unspecified atom stereocenters. The molecule has 0 fully saturated rings. The summed E-state index contributed by atoms with van der Waals surface area (Å²) in [7, 11) is -3.70. The van der Waals surface area contributed by atoms with Crippen LogP contribution in [0.15, 0.2) is 71.6 Å². The molecule has 0 saturated heterocycles. The minimum absolute atomic E-state index is 0.0536. The number of nitro groups is 1. The third-order valence-corrected chi connectivity index (χ3v) is 7.35. The maximum atomic E-state index is 13.0. The lowest BCUT2D eigenvalue weighted by molar-refractivity contribution is -0.385. The lowest BCUT2D eigenvalue weighted by Crippen LogP contribution is -2.36. The molecule has 0 aliphatic carbocycles. The number of halogens is 1. The minimum Gasteiger partial charge on any atom is -0.322 e. The Kier molecular flexibility index (Phi) is 5.96. The highest BCUT2D eigenvalue weighted by molar-refractivity contribution is 7.89. The van der Waals surface area contributed by atoms with Gasteiger partial charge < -0.3 is 5.32 Å². The Morgan fingerprint density at radius 3 is 2.47 bits per heavy atom. The van der Waals surface area contributed by atoms with E-state index in [1.807, 2.05) is 6.07 Å². The molecule has 1 N–H and O–H groups in total. The van der Waals surface area contributed by atoms with Crippen LogP contribution in [0.2, 0.25) is 5.02 Å². The summed E-state index contributed by atoms with van der Waals surface area (Å²) in [5.41, 5.74) is 1.83. The smallest absolute Gasteiger partial charge is 0.282 e. The second-order valence-electron chi connectivity index (χ2n) is 7.25. The number of nitro benzene ring substituents is 1. The first-order chi connectivity index (χ1) is 15.3. The predicted molar refractivity (Wildman–Crippen MR) is 120 cm³/mol. The van der Waals surface area contributed by atoms with E-state index in [1.54, 1.807) is 18.2 Å². The Morgan fingerprint density at radius 1 is 1.03 bits per heavy atom. The van der Waals surface area contributed by atoms with E-state index >= 15 is 0 Å². The van der Waals surface area contributed by atoms with Crippen LogP contribution in [-0.2, 0) is 23.0 Å². The highest BCUT2D eigenvalue weighted by Gasteiger charge is 2.28. The second kappa shape index (κ2) is 8.70. The number of anilines is 1. The lowest BCUT2D eigenvalue weighted by Gasteiger charge is -2.28. The summed E-state index contributed by atoms with van der Waals surface area (Å²) in [5.74, 6) is -0.612. The van der Waals surface area contributed by atoms with Crippen LogP contribution in [0.5, 0.6) is 0 Å². The van der Waals surface area contributed by atoms with E-state index in [-0.39, 0.29) is 22.7 Å². The van der Waals surface area contributed by atoms with Crippen molar-refractivity contribution < 1.29 is 18.1 Å². The van der Waals surface area contributed by atoms with Crippen molar-refractivity contribution in [2.45, 2.75) is 17.9 Å². The van der Waals surface area contributed by atoms with Crippen LogP contribution < -0.4 is 5.32 Å². The fourth-order valence-corrected chi connectivity index (χ4v) is 5.14. The summed E-state index contributed by atoms with van der Waals surface area (Å²) in [6.45, 7) is 0.482. The predicted octanol–water partition coefficient (Wildman–Crippen LogP) is 4.25. The van der Waals surface area contributed by atoms with Crippen LogP contribution in [0.4, 0.5) is 11.4 Å². The maximum absolute atomic E-state index is 13.0.